The van der Waals surface area contributed by atoms with Crippen LogP contribution in [0.5, 0.6) is 5.75 Å². The van der Waals surface area contributed by atoms with Gasteiger partial charge in [-0.05, 0) is 98.8 Å². The number of benzene rings is 3. The molecule has 0 atom stereocenters. The van der Waals surface area contributed by atoms with E-state index >= 15 is 0 Å². The van der Waals surface area contributed by atoms with E-state index in [1.165, 1.54) is 16.8 Å². The summed E-state index contributed by atoms with van der Waals surface area (Å²) in [6, 6.07) is 15.5. The van der Waals surface area contributed by atoms with Crippen molar-refractivity contribution in [2.75, 3.05) is 0 Å². The van der Waals surface area contributed by atoms with Crippen molar-refractivity contribution in [1.82, 2.24) is 9.66 Å². The van der Waals surface area contributed by atoms with E-state index < -0.39 is 4.92 Å². The van der Waals surface area contributed by atoms with Gasteiger partial charge >= 0.3 is 0 Å². The average Bonchev–Trinajstić information content (AvgIpc) is 2.83. The summed E-state index contributed by atoms with van der Waals surface area (Å²) in [5, 5.41) is 15.8. The van der Waals surface area contributed by atoms with Gasteiger partial charge in [0, 0.05) is 23.0 Å². The first-order valence-electron chi connectivity index (χ1n) is 10.4. The molecule has 4 aromatic rings. The second kappa shape index (κ2) is 11.1. The SMILES string of the molecule is CCc1nc2ccc(Br)cc2c(=O)n1N=Cc1cc(I)c(OCc2ccc([N+](=O)[O-])cc2)c(I)c1. The predicted octanol–water partition coefficient (Wildman–Crippen LogP) is 6.30. The van der Waals surface area contributed by atoms with E-state index in [-0.39, 0.29) is 17.9 Å². The van der Waals surface area contributed by atoms with Crippen LogP contribution >= 0.6 is 61.1 Å². The highest BCUT2D eigenvalue weighted by molar-refractivity contribution is 14.1. The van der Waals surface area contributed by atoms with Crippen molar-refractivity contribution in [3.05, 3.63) is 104 Å². The van der Waals surface area contributed by atoms with Crippen LogP contribution in [-0.4, -0.2) is 20.8 Å². The zero-order chi connectivity index (χ0) is 25.1. The number of ether oxygens (including phenoxy) is 1. The molecule has 0 aliphatic rings. The number of nitrogens with zero attached hydrogens (tertiary/aromatic N) is 4. The Morgan fingerprint density at radius 3 is 2.46 bits per heavy atom. The van der Waals surface area contributed by atoms with Crippen molar-refractivity contribution in [3.63, 3.8) is 0 Å². The number of hydrogen-bond donors (Lipinski definition) is 0. The standard InChI is InChI=1S/C24H17BrI2N4O4/c1-2-22-29-21-8-5-16(25)11-18(21)24(32)30(22)28-12-15-9-19(26)23(20(27)10-15)35-13-14-3-6-17(7-4-14)31(33)34/h3-12H,2,13H2,1H3. The maximum atomic E-state index is 13.1. The molecule has 8 nitrogen and oxygen atoms in total. The van der Waals surface area contributed by atoms with Gasteiger partial charge in [-0.2, -0.15) is 9.78 Å². The van der Waals surface area contributed by atoms with Crippen molar-refractivity contribution in [1.29, 1.82) is 0 Å². The Bertz CT molecular complexity index is 1500. The quantitative estimate of drug-likeness (QED) is 0.0954. The highest BCUT2D eigenvalue weighted by atomic mass is 127. The Balaban J connectivity index is 1.58. The number of rotatable bonds is 7. The van der Waals surface area contributed by atoms with Crippen molar-refractivity contribution in [2.24, 2.45) is 5.10 Å². The minimum Gasteiger partial charge on any atom is -0.487 e. The van der Waals surface area contributed by atoms with E-state index in [9.17, 15) is 14.9 Å². The predicted molar refractivity (Wildman–Crippen MR) is 155 cm³/mol. The Hall–Kier alpha value is -2.39. The number of nitro groups is 1. The van der Waals surface area contributed by atoms with Crippen LogP contribution in [-0.2, 0) is 13.0 Å². The van der Waals surface area contributed by atoms with Crippen molar-refractivity contribution in [3.8, 4) is 5.75 Å². The van der Waals surface area contributed by atoms with E-state index in [1.54, 1.807) is 24.4 Å². The third-order valence-electron chi connectivity index (χ3n) is 5.06. The lowest BCUT2D eigenvalue weighted by atomic mass is 10.2. The molecule has 4 rings (SSSR count). The molecule has 0 fully saturated rings. The van der Waals surface area contributed by atoms with Gasteiger partial charge in [0.25, 0.3) is 11.2 Å². The van der Waals surface area contributed by atoms with Crippen LogP contribution in [0.3, 0.4) is 0 Å². The van der Waals surface area contributed by atoms with Gasteiger partial charge in [0.05, 0.1) is 29.2 Å². The number of non-ortho nitro benzene ring substituents is 1. The van der Waals surface area contributed by atoms with Gasteiger partial charge in [-0.25, -0.2) is 4.98 Å². The molecule has 0 saturated carbocycles. The van der Waals surface area contributed by atoms with Crippen LogP contribution in [0.1, 0.15) is 23.9 Å². The molecule has 0 aliphatic carbocycles. The first-order valence-corrected chi connectivity index (χ1v) is 13.3. The molecule has 3 aromatic carbocycles. The fourth-order valence-electron chi connectivity index (χ4n) is 3.33. The average molecular weight is 759 g/mol. The smallest absolute Gasteiger partial charge is 0.282 e. The van der Waals surface area contributed by atoms with Gasteiger partial charge < -0.3 is 4.74 Å². The normalized spacial score (nSPS) is 11.3. The molecule has 0 radical (unpaired) electrons. The summed E-state index contributed by atoms with van der Waals surface area (Å²) in [5.41, 5.74) is 2.10. The Kier molecular flexibility index (Phi) is 8.16. The van der Waals surface area contributed by atoms with Crippen LogP contribution in [0.4, 0.5) is 5.69 Å². The molecule has 1 aromatic heterocycles. The van der Waals surface area contributed by atoms with Gasteiger partial charge in [-0.1, -0.05) is 22.9 Å². The molecular formula is C24H17BrI2N4O4. The second-order valence-corrected chi connectivity index (χ2v) is 10.7. The summed E-state index contributed by atoms with van der Waals surface area (Å²) in [6.45, 7) is 2.21. The third-order valence-corrected chi connectivity index (χ3v) is 7.16. The zero-order valence-corrected chi connectivity index (χ0v) is 24.1. The third kappa shape index (κ3) is 5.89. The molecule has 0 amide bonds. The molecule has 0 bridgehead atoms. The molecule has 11 heteroatoms. The van der Waals surface area contributed by atoms with Gasteiger partial charge in [0.15, 0.2) is 0 Å². The second-order valence-electron chi connectivity index (χ2n) is 7.43. The topological polar surface area (TPSA) is 99.6 Å². The molecule has 0 N–H and O–H groups in total. The van der Waals surface area contributed by atoms with Crippen LogP contribution in [0.2, 0.25) is 0 Å². The number of fused-ring (bicyclic) bond motifs is 1. The summed E-state index contributed by atoms with van der Waals surface area (Å²) in [6.07, 6.45) is 2.19. The molecule has 0 unspecified atom stereocenters. The van der Waals surface area contributed by atoms with Gasteiger partial charge in [-0.3, -0.25) is 14.9 Å². The molecule has 0 saturated heterocycles. The number of aromatic nitrogens is 2. The lowest BCUT2D eigenvalue weighted by Crippen LogP contribution is -2.22. The molecule has 0 spiro atoms. The summed E-state index contributed by atoms with van der Waals surface area (Å²) >= 11 is 7.79. The lowest BCUT2D eigenvalue weighted by molar-refractivity contribution is -0.384. The Morgan fingerprint density at radius 1 is 1.14 bits per heavy atom. The van der Waals surface area contributed by atoms with E-state index in [0.29, 0.717) is 28.9 Å². The molecule has 35 heavy (non-hydrogen) atoms. The Morgan fingerprint density at radius 2 is 1.83 bits per heavy atom. The summed E-state index contributed by atoms with van der Waals surface area (Å²) in [4.78, 5) is 28.1. The van der Waals surface area contributed by atoms with Crippen molar-refractivity contribution in [2.45, 2.75) is 20.0 Å². The maximum absolute atomic E-state index is 13.1. The fraction of sp³-hybridized carbons (Fsp3) is 0.125. The fourth-order valence-corrected chi connectivity index (χ4v) is 5.82. The Labute approximate surface area is 236 Å². The van der Waals surface area contributed by atoms with Crippen LogP contribution in [0.15, 0.2) is 69.0 Å². The zero-order valence-electron chi connectivity index (χ0n) is 18.2. The molecule has 0 aliphatic heterocycles. The van der Waals surface area contributed by atoms with Gasteiger partial charge in [0.2, 0.25) is 0 Å². The molecular weight excluding hydrogens is 742 g/mol. The molecule has 1 heterocycles. The first kappa shape index (κ1) is 25.7. The summed E-state index contributed by atoms with van der Waals surface area (Å²) < 4.78 is 9.88. The van der Waals surface area contributed by atoms with Gasteiger partial charge in [-0.15, -0.1) is 0 Å². The van der Waals surface area contributed by atoms with Crippen LogP contribution in [0, 0.1) is 17.3 Å². The molecule has 178 valence electrons. The van der Waals surface area contributed by atoms with E-state index in [4.69, 9.17) is 4.74 Å². The highest BCUT2D eigenvalue weighted by Gasteiger charge is 2.12. The summed E-state index contributed by atoms with van der Waals surface area (Å²) in [5.74, 6) is 1.29. The summed E-state index contributed by atoms with van der Waals surface area (Å²) in [7, 11) is 0. The lowest BCUT2D eigenvalue weighted by Gasteiger charge is -2.12. The largest absolute Gasteiger partial charge is 0.487 e. The monoisotopic (exact) mass is 758 g/mol. The number of halogens is 3. The minimum atomic E-state index is -0.429. The first-order chi connectivity index (χ1) is 16.8. The van der Waals surface area contributed by atoms with E-state index in [1.807, 2.05) is 31.2 Å². The number of aryl methyl sites for hydroxylation is 1. The maximum Gasteiger partial charge on any atom is 0.282 e. The number of nitro benzene ring substituents is 1. The van der Waals surface area contributed by atoms with E-state index in [0.717, 1.165) is 22.7 Å². The highest BCUT2D eigenvalue weighted by Crippen LogP contribution is 2.29. The van der Waals surface area contributed by atoms with Crippen molar-refractivity contribution >= 4 is 83.9 Å². The van der Waals surface area contributed by atoms with Crippen molar-refractivity contribution < 1.29 is 9.66 Å². The van der Waals surface area contributed by atoms with E-state index in [2.05, 4.69) is 71.2 Å². The van der Waals surface area contributed by atoms with Crippen LogP contribution in [0.25, 0.3) is 10.9 Å². The van der Waals surface area contributed by atoms with Crippen LogP contribution < -0.4 is 10.3 Å². The van der Waals surface area contributed by atoms with Gasteiger partial charge in [0.1, 0.15) is 18.2 Å². The number of hydrogen-bond acceptors (Lipinski definition) is 6. The minimum absolute atomic E-state index is 0.0427.